The molecule has 0 aliphatic heterocycles. The van der Waals surface area contributed by atoms with E-state index in [1.165, 1.54) is 6.07 Å². The monoisotopic (exact) mass is 247 g/mol. The van der Waals surface area contributed by atoms with Gasteiger partial charge in [0.2, 0.25) is 10.0 Å². The molecule has 2 rings (SSSR count). The molecule has 0 spiro atoms. The van der Waals surface area contributed by atoms with Crippen LogP contribution < -0.4 is 5.14 Å². The molecule has 0 amide bonds. The van der Waals surface area contributed by atoms with Crippen LogP contribution in [0.5, 0.6) is 0 Å². The number of aryl methyl sites for hydroxylation is 1. The minimum absolute atomic E-state index is 0.161. The first kappa shape index (κ1) is 11.8. The fourth-order valence-electron chi connectivity index (χ4n) is 1.81. The van der Waals surface area contributed by atoms with Crippen LogP contribution in [0.3, 0.4) is 0 Å². The summed E-state index contributed by atoms with van der Waals surface area (Å²) in [5, 5.41) is 5.22. The standard InChI is InChI=1S/C13H13NO2S/c1-10-6-2-3-7-11(10)12-8-4-5-9-13(12)17(14,15)16/h2-9H,1H3,(H2,14,15,16). The van der Waals surface area contributed by atoms with E-state index in [4.69, 9.17) is 5.14 Å². The number of primary sulfonamides is 1. The second-order valence-electron chi connectivity index (χ2n) is 3.86. The molecule has 0 saturated carbocycles. The normalized spacial score (nSPS) is 11.4. The molecule has 0 aromatic heterocycles. The van der Waals surface area contributed by atoms with E-state index in [-0.39, 0.29) is 4.90 Å². The van der Waals surface area contributed by atoms with Gasteiger partial charge in [-0.3, -0.25) is 0 Å². The van der Waals surface area contributed by atoms with Crippen molar-refractivity contribution in [2.24, 2.45) is 5.14 Å². The Labute approximate surface area is 101 Å². The highest BCUT2D eigenvalue weighted by molar-refractivity contribution is 7.89. The summed E-state index contributed by atoms with van der Waals surface area (Å²) < 4.78 is 23.0. The van der Waals surface area contributed by atoms with Gasteiger partial charge in [0.1, 0.15) is 0 Å². The molecule has 0 unspecified atom stereocenters. The summed E-state index contributed by atoms with van der Waals surface area (Å²) in [6.45, 7) is 1.94. The number of rotatable bonds is 2. The van der Waals surface area contributed by atoms with Crippen molar-refractivity contribution < 1.29 is 8.42 Å². The maximum atomic E-state index is 11.5. The van der Waals surface area contributed by atoms with Crippen LogP contribution >= 0.6 is 0 Å². The number of sulfonamides is 1. The smallest absolute Gasteiger partial charge is 0.225 e. The lowest BCUT2D eigenvalue weighted by atomic mass is 10.0. The molecule has 0 aliphatic carbocycles. The average molecular weight is 247 g/mol. The molecule has 0 bridgehead atoms. The minimum atomic E-state index is -3.70. The van der Waals surface area contributed by atoms with E-state index in [1.807, 2.05) is 31.2 Å². The first-order valence-electron chi connectivity index (χ1n) is 5.18. The van der Waals surface area contributed by atoms with E-state index in [1.54, 1.807) is 18.2 Å². The van der Waals surface area contributed by atoms with Gasteiger partial charge in [-0.25, -0.2) is 13.6 Å². The Bertz CT molecular complexity index is 648. The van der Waals surface area contributed by atoms with E-state index in [0.29, 0.717) is 5.56 Å². The van der Waals surface area contributed by atoms with Crippen LogP contribution in [0.15, 0.2) is 53.4 Å². The first-order chi connectivity index (χ1) is 8.00. The molecule has 0 fully saturated rings. The van der Waals surface area contributed by atoms with Gasteiger partial charge in [-0.1, -0.05) is 42.5 Å². The van der Waals surface area contributed by atoms with E-state index >= 15 is 0 Å². The summed E-state index contributed by atoms with van der Waals surface area (Å²) in [4.78, 5) is 0.161. The van der Waals surface area contributed by atoms with E-state index < -0.39 is 10.0 Å². The molecular weight excluding hydrogens is 234 g/mol. The summed E-state index contributed by atoms with van der Waals surface area (Å²) in [6, 6.07) is 14.4. The molecule has 3 nitrogen and oxygen atoms in total. The zero-order chi connectivity index (χ0) is 12.5. The molecule has 4 heteroatoms. The molecule has 0 saturated heterocycles. The van der Waals surface area contributed by atoms with Gasteiger partial charge in [0.15, 0.2) is 0 Å². The zero-order valence-electron chi connectivity index (χ0n) is 9.42. The van der Waals surface area contributed by atoms with Crippen molar-refractivity contribution in [2.75, 3.05) is 0 Å². The Kier molecular flexibility index (Phi) is 3.00. The Hall–Kier alpha value is -1.65. The van der Waals surface area contributed by atoms with Crippen LogP contribution in [0, 0.1) is 6.92 Å². The Morgan fingerprint density at radius 3 is 2.00 bits per heavy atom. The third-order valence-electron chi connectivity index (χ3n) is 2.63. The number of benzene rings is 2. The summed E-state index contributed by atoms with van der Waals surface area (Å²) in [5.74, 6) is 0. The summed E-state index contributed by atoms with van der Waals surface area (Å²) >= 11 is 0. The van der Waals surface area contributed by atoms with Gasteiger partial charge in [0.05, 0.1) is 4.90 Å². The van der Waals surface area contributed by atoms with E-state index in [0.717, 1.165) is 11.1 Å². The highest BCUT2D eigenvalue weighted by Crippen LogP contribution is 2.28. The minimum Gasteiger partial charge on any atom is -0.225 e. The average Bonchev–Trinajstić information content (AvgIpc) is 2.28. The SMILES string of the molecule is Cc1ccccc1-c1ccccc1S(N)(=O)=O. The molecule has 2 aromatic rings. The van der Waals surface area contributed by atoms with Crippen molar-refractivity contribution in [1.29, 1.82) is 0 Å². The highest BCUT2D eigenvalue weighted by atomic mass is 32.2. The third kappa shape index (κ3) is 2.38. The lowest BCUT2D eigenvalue weighted by Gasteiger charge is -2.10. The lowest BCUT2D eigenvalue weighted by Crippen LogP contribution is -2.13. The van der Waals surface area contributed by atoms with Crippen molar-refractivity contribution in [3.63, 3.8) is 0 Å². The van der Waals surface area contributed by atoms with Crippen LogP contribution in [0.2, 0.25) is 0 Å². The van der Waals surface area contributed by atoms with Gasteiger partial charge in [-0.15, -0.1) is 0 Å². The molecule has 0 aliphatic rings. The topological polar surface area (TPSA) is 60.2 Å². The van der Waals surface area contributed by atoms with Crippen molar-refractivity contribution in [3.8, 4) is 11.1 Å². The number of hydrogen-bond acceptors (Lipinski definition) is 2. The largest absolute Gasteiger partial charge is 0.238 e. The van der Waals surface area contributed by atoms with Crippen LogP contribution in [0.25, 0.3) is 11.1 Å². The van der Waals surface area contributed by atoms with Crippen molar-refractivity contribution >= 4 is 10.0 Å². The van der Waals surface area contributed by atoms with Crippen LogP contribution in [0.1, 0.15) is 5.56 Å². The second kappa shape index (κ2) is 4.31. The predicted molar refractivity (Wildman–Crippen MR) is 68.0 cm³/mol. The van der Waals surface area contributed by atoms with Crippen molar-refractivity contribution in [2.45, 2.75) is 11.8 Å². The Balaban J connectivity index is 2.74. The predicted octanol–water partition coefficient (Wildman–Crippen LogP) is 2.31. The summed E-state index contributed by atoms with van der Waals surface area (Å²) in [5.41, 5.74) is 2.55. The fourth-order valence-corrected chi connectivity index (χ4v) is 2.57. The molecule has 0 radical (unpaired) electrons. The van der Waals surface area contributed by atoms with Crippen LogP contribution in [-0.4, -0.2) is 8.42 Å². The summed E-state index contributed by atoms with van der Waals surface area (Å²) in [6.07, 6.45) is 0. The van der Waals surface area contributed by atoms with Gasteiger partial charge in [-0.05, 0) is 24.1 Å². The third-order valence-corrected chi connectivity index (χ3v) is 3.60. The maximum absolute atomic E-state index is 11.5. The maximum Gasteiger partial charge on any atom is 0.238 e. The summed E-state index contributed by atoms with van der Waals surface area (Å²) in [7, 11) is -3.70. The number of hydrogen-bond donors (Lipinski definition) is 1. The Morgan fingerprint density at radius 2 is 1.41 bits per heavy atom. The highest BCUT2D eigenvalue weighted by Gasteiger charge is 2.15. The van der Waals surface area contributed by atoms with E-state index in [9.17, 15) is 8.42 Å². The zero-order valence-corrected chi connectivity index (χ0v) is 10.2. The molecule has 2 aromatic carbocycles. The quantitative estimate of drug-likeness (QED) is 0.885. The van der Waals surface area contributed by atoms with Crippen LogP contribution in [-0.2, 0) is 10.0 Å². The number of nitrogens with two attached hydrogens (primary N) is 1. The first-order valence-corrected chi connectivity index (χ1v) is 6.72. The van der Waals surface area contributed by atoms with E-state index in [2.05, 4.69) is 0 Å². The van der Waals surface area contributed by atoms with Gasteiger partial charge >= 0.3 is 0 Å². The molecule has 0 heterocycles. The second-order valence-corrected chi connectivity index (χ2v) is 5.39. The van der Waals surface area contributed by atoms with Crippen molar-refractivity contribution in [1.82, 2.24) is 0 Å². The van der Waals surface area contributed by atoms with Gasteiger partial charge in [-0.2, -0.15) is 0 Å². The molecular formula is C13H13NO2S. The molecule has 88 valence electrons. The van der Waals surface area contributed by atoms with Crippen LogP contribution in [0.4, 0.5) is 0 Å². The molecule has 2 N–H and O–H groups in total. The fraction of sp³-hybridized carbons (Fsp3) is 0.0769. The lowest BCUT2D eigenvalue weighted by molar-refractivity contribution is 0.598. The van der Waals surface area contributed by atoms with Crippen molar-refractivity contribution in [3.05, 3.63) is 54.1 Å². The van der Waals surface area contributed by atoms with Gasteiger partial charge < -0.3 is 0 Å². The Morgan fingerprint density at radius 1 is 0.882 bits per heavy atom. The molecule has 0 atom stereocenters. The van der Waals surface area contributed by atoms with Gasteiger partial charge in [0.25, 0.3) is 0 Å². The van der Waals surface area contributed by atoms with Gasteiger partial charge in [0, 0.05) is 5.56 Å². The molecule has 17 heavy (non-hydrogen) atoms.